The molecule has 0 radical (unpaired) electrons. The van der Waals surface area contributed by atoms with E-state index in [9.17, 15) is 0 Å². The summed E-state index contributed by atoms with van der Waals surface area (Å²) >= 11 is 0. The molecule has 0 spiro atoms. The van der Waals surface area contributed by atoms with Crippen molar-refractivity contribution in [2.75, 3.05) is 20.6 Å². The van der Waals surface area contributed by atoms with Crippen molar-refractivity contribution in [2.24, 2.45) is 0 Å². The van der Waals surface area contributed by atoms with Gasteiger partial charge in [-0.25, -0.2) is 4.63 Å². The molecule has 0 bridgehead atoms. The fourth-order valence-corrected chi connectivity index (χ4v) is 2.19. The van der Waals surface area contributed by atoms with E-state index >= 15 is 0 Å². The zero-order valence-corrected chi connectivity index (χ0v) is 10.3. The first-order chi connectivity index (χ1) is 7.64. The molecule has 0 aromatic carbocycles. The van der Waals surface area contributed by atoms with Gasteiger partial charge in [-0.2, -0.15) is 0 Å². The minimum atomic E-state index is 0.352. The Morgan fingerprint density at radius 2 is 2.12 bits per heavy atom. The van der Waals surface area contributed by atoms with E-state index in [0.29, 0.717) is 5.54 Å². The second-order valence-corrected chi connectivity index (χ2v) is 4.87. The van der Waals surface area contributed by atoms with Gasteiger partial charge in [0, 0.05) is 18.6 Å². The van der Waals surface area contributed by atoms with Gasteiger partial charge in [0.1, 0.15) is 11.4 Å². The quantitative estimate of drug-likeness (QED) is 0.807. The molecule has 1 heterocycles. The highest BCUT2D eigenvalue weighted by molar-refractivity contribution is 5.05. The third kappa shape index (κ3) is 2.10. The molecule has 0 unspecified atom stereocenters. The zero-order valence-electron chi connectivity index (χ0n) is 10.3. The molecule has 0 saturated heterocycles. The number of nitrogens with one attached hydrogen (secondary N) is 1. The minimum Gasteiger partial charge on any atom is -0.309 e. The number of aromatic nitrogens is 2. The van der Waals surface area contributed by atoms with Crippen molar-refractivity contribution in [1.29, 1.82) is 0 Å². The molecule has 5 nitrogen and oxygen atoms in total. The lowest BCUT2D eigenvalue weighted by Gasteiger charge is -2.47. The summed E-state index contributed by atoms with van der Waals surface area (Å²) in [5.74, 6) is 0. The number of hydrogen-bond donors (Lipinski definition) is 1. The van der Waals surface area contributed by atoms with Crippen LogP contribution in [0.4, 0.5) is 0 Å². The Bertz CT molecular complexity index is 344. The highest BCUT2D eigenvalue weighted by atomic mass is 16.6. The maximum atomic E-state index is 4.67. The first-order valence-electron chi connectivity index (χ1n) is 5.80. The molecule has 2 rings (SSSR count). The first kappa shape index (κ1) is 11.5. The van der Waals surface area contributed by atoms with Gasteiger partial charge < -0.3 is 10.2 Å². The van der Waals surface area contributed by atoms with Crippen LogP contribution in [-0.2, 0) is 6.54 Å². The molecular weight excluding hydrogens is 204 g/mol. The van der Waals surface area contributed by atoms with Crippen molar-refractivity contribution in [1.82, 2.24) is 20.5 Å². The summed E-state index contributed by atoms with van der Waals surface area (Å²) in [6.07, 6.45) is 3.90. The molecule has 1 fully saturated rings. The maximum Gasteiger partial charge on any atom is 0.121 e. The number of nitrogens with zero attached hydrogens (tertiary/aromatic N) is 3. The van der Waals surface area contributed by atoms with Crippen LogP contribution in [0.3, 0.4) is 0 Å². The van der Waals surface area contributed by atoms with Crippen LogP contribution < -0.4 is 5.32 Å². The Hall–Kier alpha value is -0.940. The third-order valence-electron chi connectivity index (χ3n) is 3.73. The molecule has 1 aromatic heterocycles. The first-order valence-corrected chi connectivity index (χ1v) is 5.80. The molecule has 16 heavy (non-hydrogen) atoms. The van der Waals surface area contributed by atoms with E-state index in [0.717, 1.165) is 24.5 Å². The molecule has 0 aliphatic heterocycles. The van der Waals surface area contributed by atoms with Gasteiger partial charge in [-0.15, -0.1) is 0 Å². The second kappa shape index (κ2) is 4.51. The van der Waals surface area contributed by atoms with E-state index in [-0.39, 0.29) is 0 Å². The number of hydrogen-bond acceptors (Lipinski definition) is 5. The fraction of sp³-hybridized carbons (Fsp3) is 0.818. The van der Waals surface area contributed by atoms with Gasteiger partial charge in [0.25, 0.3) is 0 Å². The molecule has 0 atom stereocenters. The maximum absolute atomic E-state index is 4.67. The Kier molecular flexibility index (Phi) is 3.25. The molecule has 5 heteroatoms. The summed E-state index contributed by atoms with van der Waals surface area (Å²) in [6, 6.07) is 0. The van der Waals surface area contributed by atoms with Crippen molar-refractivity contribution < 1.29 is 4.63 Å². The zero-order chi connectivity index (χ0) is 11.6. The Morgan fingerprint density at radius 1 is 1.38 bits per heavy atom. The van der Waals surface area contributed by atoms with Crippen LogP contribution in [0.2, 0.25) is 0 Å². The van der Waals surface area contributed by atoms with Crippen molar-refractivity contribution in [2.45, 2.75) is 38.3 Å². The average molecular weight is 224 g/mol. The van der Waals surface area contributed by atoms with Crippen LogP contribution >= 0.6 is 0 Å². The van der Waals surface area contributed by atoms with Gasteiger partial charge in [-0.3, -0.25) is 0 Å². The largest absolute Gasteiger partial charge is 0.309 e. The van der Waals surface area contributed by atoms with Crippen molar-refractivity contribution in [3.63, 3.8) is 0 Å². The summed E-state index contributed by atoms with van der Waals surface area (Å²) in [5.41, 5.74) is 2.14. The SMILES string of the molecule is Cc1nonc1CNCC1(N(C)C)CCC1. The molecule has 0 amide bonds. The standard InChI is InChI=1S/C11H20N4O/c1-9-10(14-16-13-9)7-12-8-11(15(2)3)5-4-6-11/h12H,4-8H2,1-3H3. The van der Waals surface area contributed by atoms with Crippen molar-refractivity contribution in [3.8, 4) is 0 Å². The normalized spacial score (nSPS) is 18.8. The summed E-state index contributed by atoms with van der Waals surface area (Å²) in [4.78, 5) is 2.33. The predicted molar refractivity (Wildman–Crippen MR) is 61.0 cm³/mol. The van der Waals surface area contributed by atoms with Crippen LogP contribution in [0.1, 0.15) is 30.7 Å². The number of rotatable bonds is 5. The van der Waals surface area contributed by atoms with Gasteiger partial charge in [-0.1, -0.05) is 10.3 Å². The molecule has 90 valence electrons. The third-order valence-corrected chi connectivity index (χ3v) is 3.73. The van der Waals surface area contributed by atoms with Crippen molar-refractivity contribution >= 4 is 0 Å². The van der Waals surface area contributed by atoms with Crippen LogP contribution in [0, 0.1) is 6.92 Å². The molecule has 1 aliphatic rings. The predicted octanol–water partition coefficient (Wildman–Crippen LogP) is 0.952. The van der Waals surface area contributed by atoms with Gasteiger partial charge in [-0.05, 0) is 40.3 Å². The summed E-state index contributed by atoms with van der Waals surface area (Å²) < 4.78 is 4.67. The highest BCUT2D eigenvalue weighted by Crippen LogP contribution is 2.35. The Labute approximate surface area is 96.2 Å². The second-order valence-electron chi connectivity index (χ2n) is 4.87. The number of aryl methyl sites for hydroxylation is 1. The average Bonchev–Trinajstić information content (AvgIpc) is 2.55. The van der Waals surface area contributed by atoms with Crippen molar-refractivity contribution in [3.05, 3.63) is 11.4 Å². The molecule has 1 saturated carbocycles. The molecule has 1 aliphatic carbocycles. The van der Waals surface area contributed by atoms with Gasteiger partial charge >= 0.3 is 0 Å². The molecular formula is C11H20N4O. The molecule has 1 aromatic rings. The Morgan fingerprint density at radius 3 is 2.56 bits per heavy atom. The van der Waals surface area contributed by atoms with E-state index in [1.165, 1.54) is 19.3 Å². The summed E-state index contributed by atoms with van der Waals surface area (Å²) in [5, 5.41) is 11.1. The summed E-state index contributed by atoms with van der Waals surface area (Å²) in [7, 11) is 4.31. The van der Waals surface area contributed by atoms with Crippen LogP contribution in [0.15, 0.2) is 4.63 Å². The van der Waals surface area contributed by atoms with E-state index in [1.54, 1.807) is 0 Å². The lowest BCUT2D eigenvalue weighted by Crippen LogP contribution is -2.56. The van der Waals surface area contributed by atoms with E-state index in [1.807, 2.05) is 6.92 Å². The Balaban J connectivity index is 1.82. The summed E-state index contributed by atoms with van der Waals surface area (Å²) in [6.45, 7) is 3.66. The van der Waals surface area contributed by atoms with Crippen LogP contribution in [-0.4, -0.2) is 41.4 Å². The minimum absolute atomic E-state index is 0.352. The van der Waals surface area contributed by atoms with E-state index in [4.69, 9.17) is 0 Å². The highest BCUT2D eigenvalue weighted by Gasteiger charge is 2.38. The number of likely N-dealkylation sites (N-methyl/N-ethyl adjacent to an activating group) is 1. The fourth-order valence-electron chi connectivity index (χ4n) is 2.19. The lowest BCUT2D eigenvalue weighted by atomic mass is 9.75. The van der Waals surface area contributed by atoms with Crippen LogP contribution in [0.5, 0.6) is 0 Å². The van der Waals surface area contributed by atoms with E-state index < -0.39 is 0 Å². The molecule has 1 N–H and O–H groups in total. The van der Waals surface area contributed by atoms with Gasteiger partial charge in [0.2, 0.25) is 0 Å². The van der Waals surface area contributed by atoms with Gasteiger partial charge in [0.05, 0.1) is 0 Å². The van der Waals surface area contributed by atoms with Crippen LogP contribution in [0.25, 0.3) is 0 Å². The topological polar surface area (TPSA) is 54.2 Å². The van der Waals surface area contributed by atoms with Gasteiger partial charge in [0.15, 0.2) is 0 Å². The smallest absolute Gasteiger partial charge is 0.121 e. The van der Waals surface area contributed by atoms with E-state index in [2.05, 4.69) is 39.3 Å². The monoisotopic (exact) mass is 224 g/mol. The lowest BCUT2D eigenvalue weighted by molar-refractivity contribution is 0.0596.